The average molecular weight is 411 g/mol. The molecule has 0 saturated heterocycles. The van der Waals surface area contributed by atoms with Crippen molar-refractivity contribution in [3.05, 3.63) is 82.2 Å². The summed E-state index contributed by atoms with van der Waals surface area (Å²) < 4.78 is 43.9. The standard InChI is InChI=1S/C21H16F3N5O/c22-13-4-8-15(9-5-13)29-19-17(10-25-20(27-19)26-14-6-7-14)28(21(29)30)11-12-2-1-3-16(23)18(12)24/h1-5,8-10,14H,6-7,11H2,(H,25,26,27). The van der Waals surface area contributed by atoms with Gasteiger partial charge in [0, 0.05) is 11.6 Å². The quantitative estimate of drug-likeness (QED) is 0.545. The molecule has 2 aromatic heterocycles. The molecular weight excluding hydrogens is 395 g/mol. The molecule has 5 rings (SSSR count). The zero-order valence-electron chi connectivity index (χ0n) is 15.6. The lowest BCUT2D eigenvalue weighted by Crippen LogP contribution is -2.24. The number of hydrogen-bond acceptors (Lipinski definition) is 4. The van der Waals surface area contributed by atoms with Crippen molar-refractivity contribution in [2.45, 2.75) is 25.4 Å². The van der Waals surface area contributed by atoms with Crippen molar-refractivity contribution in [3.63, 3.8) is 0 Å². The number of nitrogens with zero attached hydrogens (tertiary/aromatic N) is 4. The van der Waals surface area contributed by atoms with Crippen LogP contribution < -0.4 is 11.0 Å². The summed E-state index contributed by atoms with van der Waals surface area (Å²) >= 11 is 0. The van der Waals surface area contributed by atoms with Crippen LogP contribution in [0.3, 0.4) is 0 Å². The maximum Gasteiger partial charge on any atom is 0.335 e. The van der Waals surface area contributed by atoms with Crippen molar-refractivity contribution in [3.8, 4) is 5.69 Å². The van der Waals surface area contributed by atoms with E-state index in [1.807, 2.05) is 0 Å². The number of benzene rings is 2. The zero-order chi connectivity index (χ0) is 20.8. The number of hydrogen-bond donors (Lipinski definition) is 1. The molecule has 0 bridgehead atoms. The minimum atomic E-state index is -1.01. The Kier molecular flexibility index (Phi) is 4.30. The second-order valence-corrected chi connectivity index (χ2v) is 7.21. The SMILES string of the molecule is O=c1n(Cc2cccc(F)c2F)c2cnc(NC3CC3)nc2n1-c1ccc(F)cc1. The van der Waals surface area contributed by atoms with E-state index >= 15 is 0 Å². The molecule has 0 atom stereocenters. The number of halogens is 3. The smallest absolute Gasteiger partial charge is 0.335 e. The van der Waals surface area contributed by atoms with Crippen molar-refractivity contribution >= 4 is 17.1 Å². The first kappa shape index (κ1) is 18.4. The number of imidazole rings is 1. The monoisotopic (exact) mass is 411 g/mol. The summed E-state index contributed by atoms with van der Waals surface area (Å²) in [5.74, 6) is -2.08. The Hall–Kier alpha value is -3.62. The highest BCUT2D eigenvalue weighted by Gasteiger charge is 2.24. The fourth-order valence-electron chi connectivity index (χ4n) is 3.33. The Balaban J connectivity index is 1.70. The molecule has 0 unspecified atom stereocenters. The number of anilines is 1. The zero-order valence-corrected chi connectivity index (χ0v) is 15.6. The van der Waals surface area contributed by atoms with Gasteiger partial charge < -0.3 is 5.32 Å². The second kappa shape index (κ2) is 7.01. The van der Waals surface area contributed by atoms with Gasteiger partial charge in [-0.3, -0.25) is 4.57 Å². The molecule has 1 N–H and O–H groups in total. The maximum absolute atomic E-state index is 14.2. The van der Waals surface area contributed by atoms with Gasteiger partial charge in [0.1, 0.15) is 11.3 Å². The highest BCUT2D eigenvalue weighted by molar-refractivity contribution is 5.74. The third-order valence-corrected chi connectivity index (χ3v) is 5.03. The lowest BCUT2D eigenvalue weighted by Gasteiger charge is -2.06. The molecule has 1 aliphatic carbocycles. The van der Waals surface area contributed by atoms with E-state index in [-0.39, 0.29) is 12.1 Å². The summed E-state index contributed by atoms with van der Waals surface area (Å²) in [5, 5.41) is 3.17. The normalized spacial score (nSPS) is 13.7. The van der Waals surface area contributed by atoms with Gasteiger partial charge >= 0.3 is 5.69 Å². The van der Waals surface area contributed by atoms with Gasteiger partial charge in [0.15, 0.2) is 17.3 Å². The molecule has 30 heavy (non-hydrogen) atoms. The fourth-order valence-corrected chi connectivity index (χ4v) is 3.33. The lowest BCUT2D eigenvalue weighted by atomic mass is 10.2. The van der Waals surface area contributed by atoms with Crippen LogP contribution in [0, 0.1) is 17.5 Å². The number of aromatic nitrogens is 4. The Morgan fingerprint density at radius 1 is 1.07 bits per heavy atom. The van der Waals surface area contributed by atoms with Crippen molar-refractivity contribution in [1.82, 2.24) is 19.1 Å². The van der Waals surface area contributed by atoms with Gasteiger partial charge in [-0.15, -0.1) is 0 Å². The first-order valence-electron chi connectivity index (χ1n) is 9.45. The molecule has 2 heterocycles. The molecule has 2 aromatic carbocycles. The van der Waals surface area contributed by atoms with Gasteiger partial charge in [-0.2, -0.15) is 4.98 Å². The van der Waals surface area contributed by atoms with E-state index in [4.69, 9.17) is 0 Å². The van der Waals surface area contributed by atoms with E-state index in [1.165, 1.54) is 51.7 Å². The first-order valence-corrected chi connectivity index (χ1v) is 9.45. The second-order valence-electron chi connectivity index (χ2n) is 7.21. The minimum absolute atomic E-state index is 0.0236. The third kappa shape index (κ3) is 3.22. The molecule has 9 heteroatoms. The van der Waals surface area contributed by atoms with Gasteiger partial charge in [0.25, 0.3) is 0 Å². The summed E-state index contributed by atoms with van der Waals surface area (Å²) in [4.78, 5) is 22.0. The van der Waals surface area contributed by atoms with E-state index in [9.17, 15) is 18.0 Å². The summed E-state index contributed by atoms with van der Waals surface area (Å²) in [7, 11) is 0. The van der Waals surface area contributed by atoms with Gasteiger partial charge in [-0.05, 0) is 43.2 Å². The van der Waals surface area contributed by atoms with Crippen molar-refractivity contribution in [1.29, 1.82) is 0 Å². The average Bonchev–Trinajstić information content (AvgIpc) is 3.51. The van der Waals surface area contributed by atoms with Crippen molar-refractivity contribution in [2.24, 2.45) is 0 Å². The van der Waals surface area contributed by atoms with Crippen molar-refractivity contribution < 1.29 is 13.2 Å². The van der Waals surface area contributed by atoms with Crippen LogP contribution in [0.5, 0.6) is 0 Å². The fraction of sp³-hybridized carbons (Fsp3) is 0.190. The van der Waals surface area contributed by atoms with Gasteiger partial charge in [-0.25, -0.2) is 27.5 Å². The summed E-state index contributed by atoms with van der Waals surface area (Å²) in [5.41, 5.74) is 0.561. The van der Waals surface area contributed by atoms with Gasteiger partial charge in [-0.1, -0.05) is 12.1 Å². The predicted molar refractivity (Wildman–Crippen MR) is 105 cm³/mol. The third-order valence-electron chi connectivity index (χ3n) is 5.03. The Labute approximate surface area is 168 Å². The van der Waals surface area contributed by atoms with E-state index in [0.717, 1.165) is 18.9 Å². The van der Waals surface area contributed by atoms with Crippen LogP contribution in [0.25, 0.3) is 16.9 Å². The van der Waals surface area contributed by atoms with Gasteiger partial charge in [0.2, 0.25) is 5.95 Å². The summed E-state index contributed by atoms with van der Waals surface area (Å²) in [6, 6.07) is 9.50. The van der Waals surface area contributed by atoms with Gasteiger partial charge in [0.05, 0.1) is 18.4 Å². The predicted octanol–water partition coefficient (Wildman–Crippen LogP) is 3.62. The minimum Gasteiger partial charge on any atom is -0.351 e. The van der Waals surface area contributed by atoms with E-state index < -0.39 is 23.1 Å². The molecule has 0 radical (unpaired) electrons. The summed E-state index contributed by atoms with van der Waals surface area (Å²) in [6.07, 6.45) is 3.52. The topological polar surface area (TPSA) is 64.7 Å². The molecule has 6 nitrogen and oxygen atoms in total. The molecule has 1 aliphatic rings. The maximum atomic E-state index is 14.2. The molecule has 1 saturated carbocycles. The molecule has 152 valence electrons. The first-order chi connectivity index (χ1) is 14.5. The van der Waals surface area contributed by atoms with Crippen LogP contribution in [0.1, 0.15) is 18.4 Å². The highest BCUT2D eigenvalue weighted by atomic mass is 19.2. The van der Waals surface area contributed by atoms with E-state index in [0.29, 0.717) is 28.8 Å². The molecule has 4 aromatic rings. The largest absolute Gasteiger partial charge is 0.351 e. The molecular formula is C21H16F3N5O. The Morgan fingerprint density at radius 2 is 1.83 bits per heavy atom. The number of fused-ring (bicyclic) bond motifs is 1. The Morgan fingerprint density at radius 3 is 2.57 bits per heavy atom. The van der Waals surface area contributed by atoms with Crippen LogP contribution in [-0.2, 0) is 6.54 Å². The van der Waals surface area contributed by atoms with E-state index in [1.54, 1.807) is 0 Å². The van der Waals surface area contributed by atoms with Crippen LogP contribution in [0.2, 0.25) is 0 Å². The van der Waals surface area contributed by atoms with Crippen LogP contribution in [0.15, 0.2) is 53.5 Å². The Bertz CT molecular complexity index is 1310. The van der Waals surface area contributed by atoms with E-state index in [2.05, 4.69) is 15.3 Å². The summed E-state index contributed by atoms with van der Waals surface area (Å²) in [6.45, 7) is -0.202. The molecule has 0 spiro atoms. The number of nitrogens with one attached hydrogen (secondary N) is 1. The van der Waals surface area contributed by atoms with Crippen LogP contribution >= 0.6 is 0 Å². The molecule has 0 amide bonds. The van der Waals surface area contributed by atoms with Crippen LogP contribution in [0.4, 0.5) is 19.1 Å². The van der Waals surface area contributed by atoms with Crippen LogP contribution in [-0.4, -0.2) is 25.1 Å². The number of rotatable bonds is 5. The molecule has 0 aliphatic heterocycles. The van der Waals surface area contributed by atoms with Crippen molar-refractivity contribution in [2.75, 3.05) is 5.32 Å². The highest BCUT2D eigenvalue weighted by Crippen LogP contribution is 2.24. The lowest BCUT2D eigenvalue weighted by molar-refractivity contribution is 0.495. The molecule has 1 fully saturated rings.